The van der Waals surface area contributed by atoms with Crippen molar-refractivity contribution in [1.29, 1.82) is 0 Å². The van der Waals surface area contributed by atoms with E-state index in [0.717, 1.165) is 12.2 Å². The maximum Gasteiger partial charge on any atom is 0.0575 e. The SMILES string of the molecule is CC(C)(C)C(C)(C)CNc1ccc(Cl)cc1N. The predicted molar refractivity (Wildman–Crippen MR) is 77.6 cm³/mol. The van der Waals surface area contributed by atoms with Crippen LogP contribution in [0.3, 0.4) is 0 Å². The monoisotopic (exact) mass is 254 g/mol. The highest BCUT2D eigenvalue weighted by atomic mass is 35.5. The molecule has 17 heavy (non-hydrogen) atoms. The van der Waals surface area contributed by atoms with Crippen LogP contribution in [-0.2, 0) is 0 Å². The molecule has 0 radical (unpaired) electrons. The van der Waals surface area contributed by atoms with Crippen LogP contribution in [0.1, 0.15) is 34.6 Å². The van der Waals surface area contributed by atoms with E-state index in [2.05, 4.69) is 39.9 Å². The highest BCUT2D eigenvalue weighted by molar-refractivity contribution is 6.31. The lowest BCUT2D eigenvalue weighted by Crippen LogP contribution is -2.36. The fraction of sp³-hybridized carbons (Fsp3) is 0.571. The number of nitrogens with two attached hydrogens (primary N) is 1. The molecule has 1 aromatic carbocycles. The van der Waals surface area contributed by atoms with Gasteiger partial charge in [0.1, 0.15) is 0 Å². The molecule has 0 spiro atoms. The van der Waals surface area contributed by atoms with Crippen molar-refractivity contribution in [3.8, 4) is 0 Å². The zero-order valence-electron chi connectivity index (χ0n) is 11.4. The molecule has 3 N–H and O–H groups in total. The van der Waals surface area contributed by atoms with Crippen molar-refractivity contribution >= 4 is 23.0 Å². The molecule has 0 aliphatic heterocycles. The molecule has 0 amide bonds. The van der Waals surface area contributed by atoms with Crippen molar-refractivity contribution < 1.29 is 0 Å². The van der Waals surface area contributed by atoms with E-state index in [4.69, 9.17) is 17.3 Å². The summed E-state index contributed by atoms with van der Waals surface area (Å²) >= 11 is 5.87. The van der Waals surface area contributed by atoms with Gasteiger partial charge < -0.3 is 11.1 Å². The van der Waals surface area contributed by atoms with Gasteiger partial charge in [0.2, 0.25) is 0 Å². The first-order valence-electron chi connectivity index (χ1n) is 5.92. The lowest BCUT2D eigenvalue weighted by molar-refractivity contribution is 0.148. The predicted octanol–water partition coefficient (Wildman–Crippen LogP) is 4.41. The Morgan fingerprint density at radius 1 is 1.18 bits per heavy atom. The van der Waals surface area contributed by atoms with Gasteiger partial charge in [0.15, 0.2) is 0 Å². The second-order valence-electron chi connectivity index (χ2n) is 6.22. The molecule has 0 heterocycles. The van der Waals surface area contributed by atoms with Gasteiger partial charge in [-0.3, -0.25) is 0 Å². The first kappa shape index (κ1) is 14.2. The standard InChI is InChI=1S/C14H23ClN2/c1-13(2,3)14(4,5)9-17-12-7-6-10(15)8-11(12)16/h6-8,17H,9,16H2,1-5H3. The van der Waals surface area contributed by atoms with Gasteiger partial charge >= 0.3 is 0 Å². The van der Waals surface area contributed by atoms with Crippen molar-refractivity contribution in [1.82, 2.24) is 0 Å². The Labute approximate surface area is 110 Å². The summed E-state index contributed by atoms with van der Waals surface area (Å²) in [4.78, 5) is 0. The Morgan fingerprint density at radius 2 is 1.76 bits per heavy atom. The van der Waals surface area contributed by atoms with Crippen LogP contribution in [0, 0.1) is 10.8 Å². The van der Waals surface area contributed by atoms with Gasteiger partial charge in [-0.1, -0.05) is 46.2 Å². The maximum absolute atomic E-state index is 5.91. The summed E-state index contributed by atoms with van der Waals surface area (Å²) in [5.41, 5.74) is 7.98. The Morgan fingerprint density at radius 3 is 2.24 bits per heavy atom. The summed E-state index contributed by atoms with van der Waals surface area (Å²) in [5.74, 6) is 0. The second-order valence-corrected chi connectivity index (χ2v) is 6.66. The van der Waals surface area contributed by atoms with E-state index in [-0.39, 0.29) is 10.8 Å². The van der Waals surface area contributed by atoms with Crippen molar-refractivity contribution in [2.45, 2.75) is 34.6 Å². The third kappa shape index (κ3) is 3.53. The molecule has 0 fully saturated rings. The van der Waals surface area contributed by atoms with Gasteiger partial charge in [-0.15, -0.1) is 0 Å². The molecular formula is C14H23ClN2. The molecule has 0 atom stereocenters. The van der Waals surface area contributed by atoms with Crippen LogP contribution in [0.15, 0.2) is 18.2 Å². The van der Waals surface area contributed by atoms with Gasteiger partial charge in [0.05, 0.1) is 11.4 Å². The average Bonchev–Trinajstić information content (AvgIpc) is 2.14. The third-order valence-electron chi connectivity index (χ3n) is 3.76. The lowest BCUT2D eigenvalue weighted by atomic mass is 9.69. The van der Waals surface area contributed by atoms with Gasteiger partial charge in [0, 0.05) is 11.6 Å². The molecule has 0 aliphatic carbocycles. The molecule has 0 aliphatic rings. The van der Waals surface area contributed by atoms with Crippen LogP contribution in [0.4, 0.5) is 11.4 Å². The van der Waals surface area contributed by atoms with E-state index in [0.29, 0.717) is 10.7 Å². The van der Waals surface area contributed by atoms with Gasteiger partial charge in [0.25, 0.3) is 0 Å². The molecule has 1 aromatic rings. The van der Waals surface area contributed by atoms with E-state index < -0.39 is 0 Å². The molecule has 0 saturated carbocycles. The highest BCUT2D eigenvalue weighted by Crippen LogP contribution is 2.38. The van der Waals surface area contributed by atoms with Crippen LogP contribution in [-0.4, -0.2) is 6.54 Å². The minimum atomic E-state index is 0.180. The fourth-order valence-electron chi connectivity index (χ4n) is 1.28. The number of hydrogen-bond acceptors (Lipinski definition) is 2. The summed E-state index contributed by atoms with van der Waals surface area (Å²) in [6, 6.07) is 5.55. The number of rotatable bonds is 3. The van der Waals surface area contributed by atoms with E-state index >= 15 is 0 Å². The summed E-state index contributed by atoms with van der Waals surface area (Å²) in [6.07, 6.45) is 0. The van der Waals surface area contributed by atoms with Crippen LogP contribution < -0.4 is 11.1 Å². The van der Waals surface area contributed by atoms with Gasteiger partial charge in [-0.25, -0.2) is 0 Å². The minimum Gasteiger partial charge on any atom is -0.397 e. The zero-order valence-corrected chi connectivity index (χ0v) is 12.2. The number of halogens is 1. The normalized spacial score (nSPS) is 12.6. The molecular weight excluding hydrogens is 232 g/mol. The molecule has 1 rings (SSSR count). The number of hydrogen-bond donors (Lipinski definition) is 2. The molecule has 2 nitrogen and oxygen atoms in total. The zero-order chi connectivity index (χ0) is 13.3. The number of nitrogens with one attached hydrogen (secondary N) is 1. The minimum absolute atomic E-state index is 0.180. The number of anilines is 2. The molecule has 0 unspecified atom stereocenters. The lowest BCUT2D eigenvalue weighted by Gasteiger charge is -2.39. The summed E-state index contributed by atoms with van der Waals surface area (Å²) in [7, 11) is 0. The van der Waals surface area contributed by atoms with Crippen molar-refractivity contribution in [3.05, 3.63) is 23.2 Å². The van der Waals surface area contributed by atoms with Crippen LogP contribution >= 0.6 is 11.6 Å². The van der Waals surface area contributed by atoms with Crippen LogP contribution in [0.5, 0.6) is 0 Å². The Hall–Kier alpha value is -0.890. The quantitative estimate of drug-likeness (QED) is 0.785. The molecule has 0 aromatic heterocycles. The summed E-state index contributed by atoms with van der Waals surface area (Å²) < 4.78 is 0. The van der Waals surface area contributed by atoms with E-state index in [9.17, 15) is 0 Å². The second kappa shape index (κ2) is 4.77. The van der Waals surface area contributed by atoms with E-state index in [1.165, 1.54) is 0 Å². The third-order valence-corrected chi connectivity index (χ3v) is 4.00. The summed E-state index contributed by atoms with van der Waals surface area (Å²) in [5, 5.41) is 4.07. The average molecular weight is 255 g/mol. The van der Waals surface area contributed by atoms with Crippen molar-refractivity contribution in [2.75, 3.05) is 17.6 Å². The van der Waals surface area contributed by atoms with Gasteiger partial charge in [-0.2, -0.15) is 0 Å². The fourth-order valence-corrected chi connectivity index (χ4v) is 1.46. The summed E-state index contributed by atoms with van der Waals surface area (Å²) in [6.45, 7) is 12.1. The number of benzene rings is 1. The Balaban J connectivity index is 2.74. The van der Waals surface area contributed by atoms with E-state index in [1.54, 1.807) is 6.07 Å². The van der Waals surface area contributed by atoms with E-state index in [1.807, 2.05) is 12.1 Å². The van der Waals surface area contributed by atoms with Crippen molar-refractivity contribution in [3.63, 3.8) is 0 Å². The topological polar surface area (TPSA) is 38.0 Å². The Bertz CT molecular complexity index is 392. The van der Waals surface area contributed by atoms with Crippen LogP contribution in [0.2, 0.25) is 5.02 Å². The van der Waals surface area contributed by atoms with Crippen LogP contribution in [0.25, 0.3) is 0 Å². The largest absolute Gasteiger partial charge is 0.397 e. The maximum atomic E-state index is 5.91. The molecule has 96 valence electrons. The van der Waals surface area contributed by atoms with Crippen molar-refractivity contribution in [2.24, 2.45) is 10.8 Å². The molecule has 0 bridgehead atoms. The molecule has 0 saturated heterocycles. The smallest absolute Gasteiger partial charge is 0.0575 e. The Kier molecular flexibility index (Phi) is 3.98. The first-order valence-corrected chi connectivity index (χ1v) is 6.30. The molecule has 3 heteroatoms. The first-order chi connectivity index (χ1) is 7.63. The van der Waals surface area contributed by atoms with Gasteiger partial charge in [-0.05, 0) is 29.0 Å². The number of nitrogen functional groups attached to an aromatic ring is 1. The highest BCUT2D eigenvalue weighted by Gasteiger charge is 2.32.